The number of rotatable bonds is 3. The summed E-state index contributed by atoms with van der Waals surface area (Å²) in [6, 6.07) is 7.44. The fourth-order valence-electron chi connectivity index (χ4n) is 1.07. The summed E-state index contributed by atoms with van der Waals surface area (Å²) >= 11 is 0. The molecule has 0 saturated heterocycles. The summed E-state index contributed by atoms with van der Waals surface area (Å²) < 4.78 is 0. The van der Waals surface area contributed by atoms with Gasteiger partial charge in [-0.3, -0.25) is 0 Å². The number of hydrogen-bond acceptors (Lipinski definition) is 2. The second kappa shape index (κ2) is 5.70. The molecule has 0 aliphatic carbocycles. The quantitative estimate of drug-likeness (QED) is 0.590. The first-order valence-corrected chi connectivity index (χ1v) is 4.92. The third-order valence-electron chi connectivity index (χ3n) is 1.94. The van der Waals surface area contributed by atoms with Crippen molar-refractivity contribution in [3.63, 3.8) is 0 Å². The van der Waals surface area contributed by atoms with Crippen LogP contribution in [0.15, 0.2) is 35.4 Å². The lowest BCUT2D eigenvalue weighted by atomic mass is 10.1. The van der Waals surface area contributed by atoms with Crippen molar-refractivity contribution in [2.75, 3.05) is 0 Å². The number of hydrogen-bond donors (Lipinski definition) is 2. The van der Waals surface area contributed by atoms with Gasteiger partial charge in [0.25, 0.3) is 0 Å². The molecular formula is C12H15N3O. The number of hydrazone groups is 1. The summed E-state index contributed by atoms with van der Waals surface area (Å²) in [6.45, 7) is 3.82. The number of aryl methyl sites for hydroxylation is 1. The van der Waals surface area contributed by atoms with Gasteiger partial charge in [0.1, 0.15) is 0 Å². The lowest BCUT2D eigenvalue weighted by Crippen LogP contribution is -2.25. The van der Waals surface area contributed by atoms with E-state index in [2.05, 4.69) is 10.5 Å². The number of nitrogens with two attached hydrogens (primary N) is 1. The number of urea groups is 1. The van der Waals surface area contributed by atoms with Gasteiger partial charge in [-0.05, 0) is 25.5 Å². The number of carbonyl (C=O) groups excluding carboxylic acids is 1. The van der Waals surface area contributed by atoms with Gasteiger partial charge in [0, 0.05) is 0 Å². The number of primary amides is 1. The highest BCUT2D eigenvalue weighted by atomic mass is 16.2. The van der Waals surface area contributed by atoms with E-state index < -0.39 is 6.03 Å². The first-order valence-electron chi connectivity index (χ1n) is 4.92. The number of nitrogens with one attached hydrogen (secondary N) is 1. The zero-order valence-electron chi connectivity index (χ0n) is 9.40. The molecule has 2 amide bonds. The molecule has 0 heterocycles. The van der Waals surface area contributed by atoms with Crippen LogP contribution in [0.4, 0.5) is 4.79 Å². The molecule has 1 aromatic carbocycles. The molecule has 16 heavy (non-hydrogen) atoms. The number of carbonyl (C=O) groups is 1. The van der Waals surface area contributed by atoms with Gasteiger partial charge in [-0.1, -0.05) is 35.9 Å². The first-order chi connectivity index (χ1) is 7.58. The van der Waals surface area contributed by atoms with E-state index >= 15 is 0 Å². The first kappa shape index (κ1) is 12.0. The predicted molar refractivity (Wildman–Crippen MR) is 66.0 cm³/mol. The monoisotopic (exact) mass is 217 g/mol. The van der Waals surface area contributed by atoms with E-state index in [1.807, 2.05) is 37.3 Å². The number of allylic oxidation sites excluding steroid dienone is 1. The van der Waals surface area contributed by atoms with Crippen LogP contribution in [0.5, 0.6) is 0 Å². The third-order valence-corrected chi connectivity index (χ3v) is 1.94. The Labute approximate surface area is 94.8 Å². The maximum Gasteiger partial charge on any atom is 0.332 e. The van der Waals surface area contributed by atoms with Gasteiger partial charge in [-0.15, -0.1) is 0 Å². The second-order valence-corrected chi connectivity index (χ2v) is 3.47. The van der Waals surface area contributed by atoms with E-state index in [9.17, 15) is 4.79 Å². The Morgan fingerprint density at radius 3 is 2.56 bits per heavy atom. The molecule has 1 aromatic rings. The molecule has 3 N–H and O–H groups in total. The minimum atomic E-state index is -0.664. The molecule has 4 nitrogen and oxygen atoms in total. The summed E-state index contributed by atoms with van der Waals surface area (Å²) in [5.41, 5.74) is 10.0. The SMILES string of the molecule is CC(C=Cc1ccc(C)cc1)=NNC(N)=O. The molecule has 0 aliphatic heterocycles. The maximum atomic E-state index is 10.4. The summed E-state index contributed by atoms with van der Waals surface area (Å²) in [7, 11) is 0. The van der Waals surface area contributed by atoms with Gasteiger partial charge >= 0.3 is 6.03 Å². The van der Waals surface area contributed by atoms with Crippen LogP contribution in [-0.2, 0) is 0 Å². The van der Waals surface area contributed by atoms with Gasteiger partial charge in [0.05, 0.1) is 5.71 Å². The van der Waals surface area contributed by atoms with E-state index in [1.54, 1.807) is 13.0 Å². The molecule has 0 fully saturated rings. The van der Waals surface area contributed by atoms with Crippen LogP contribution in [0.3, 0.4) is 0 Å². The number of nitrogens with zero attached hydrogens (tertiary/aromatic N) is 1. The average Bonchev–Trinajstić information content (AvgIpc) is 2.25. The van der Waals surface area contributed by atoms with Gasteiger partial charge in [-0.2, -0.15) is 5.10 Å². The van der Waals surface area contributed by atoms with Crippen LogP contribution >= 0.6 is 0 Å². The third kappa shape index (κ3) is 4.41. The zero-order valence-corrected chi connectivity index (χ0v) is 9.40. The van der Waals surface area contributed by atoms with E-state index in [4.69, 9.17) is 5.73 Å². The van der Waals surface area contributed by atoms with Crippen LogP contribution in [0, 0.1) is 6.92 Å². The Morgan fingerprint density at radius 1 is 1.38 bits per heavy atom. The van der Waals surface area contributed by atoms with Crippen molar-refractivity contribution in [3.05, 3.63) is 41.5 Å². The fourth-order valence-corrected chi connectivity index (χ4v) is 1.07. The predicted octanol–water partition coefficient (Wildman–Crippen LogP) is 2.05. The van der Waals surface area contributed by atoms with E-state index in [1.165, 1.54) is 5.56 Å². The molecular weight excluding hydrogens is 202 g/mol. The Bertz CT molecular complexity index is 418. The molecule has 0 spiro atoms. The van der Waals surface area contributed by atoms with Crippen molar-refractivity contribution in [1.82, 2.24) is 5.43 Å². The van der Waals surface area contributed by atoms with Gasteiger partial charge in [0.15, 0.2) is 0 Å². The summed E-state index contributed by atoms with van der Waals surface area (Å²) in [6.07, 6.45) is 3.72. The van der Waals surface area contributed by atoms with Crippen molar-refractivity contribution in [2.24, 2.45) is 10.8 Å². The molecule has 4 heteroatoms. The fraction of sp³-hybridized carbons (Fsp3) is 0.167. The lowest BCUT2D eigenvalue weighted by molar-refractivity contribution is 0.249. The highest BCUT2D eigenvalue weighted by Crippen LogP contribution is 2.04. The Morgan fingerprint density at radius 2 is 2.00 bits per heavy atom. The number of amides is 2. The summed E-state index contributed by atoms with van der Waals surface area (Å²) in [4.78, 5) is 10.4. The summed E-state index contributed by atoms with van der Waals surface area (Å²) in [5, 5.41) is 3.76. The Balaban J connectivity index is 2.62. The van der Waals surface area contributed by atoms with Crippen LogP contribution in [0.1, 0.15) is 18.1 Å². The standard InChI is InChI=1S/C12H15N3O/c1-9-3-6-11(7-4-9)8-5-10(2)14-15-12(13)16/h3-8H,1-2H3,(H3,13,15,16). The molecule has 0 atom stereocenters. The van der Waals surface area contributed by atoms with E-state index in [0.29, 0.717) is 5.71 Å². The molecule has 0 unspecified atom stereocenters. The van der Waals surface area contributed by atoms with Crippen molar-refractivity contribution in [3.8, 4) is 0 Å². The smallest absolute Gasteiger partial charge is 0.332 e. The molecule has 1 rings (SSSR count). The topological polar surface area (TPSA) is 67.5 Å². The largest absolute Gasteiger partial charge is 0.350 e. The average molecular weight is 217 g/mol. The van der Waals surface area contributed by atoms with E-state index in [-0.39, 0.29) is 0 Å². The van der Waals surface area contributed by atoms with E-state index in [0.717, 1.165) is 5.56 Å². The second-order valence-electron chi connectivity index (χ2n) is 3.47. The highest BCUT2D eigenvalue weighted by Gasteiger charge is 1.89. The Kier molecular flexibility index (Phi) is 4.27. The minimum Gasteiger partial charge on any atom is -0.350 e. The molecule has 0 radical (unpaired) electrons. The molecule has 0 aliphatic rings. The van der Waals surface area contributed by atoms with Crippen LogP contribution < -0.4 is 11.2 Å². The molecule has 0 bridgehead atoms. The zero-order chi connectivity index (χ0) is 12.0. The molecule has 0 aromatic heterocycles. The molecule has 0 saturated carbocycles. The van der Waals surface area contributed by atoms with Crippen LogP contribution in [-0.4, -0.2) is 11.7 Å². The van der Waals surface area contributed by atoms with Crippen molar-refractivity contribution >= 4 is 17.8 Å². The van der Waals surface area contributed by atoms with Crippen molar-refractivity contribution < 1.29 is 4.79 Å². The van der Waals surface area contributed by atoms with Crippen LogP contribution in [0.2, 0.25) is 0 Å². The highest BCUT2D eigenvalue weighted by molar-refractivity contribution is 5.96. The minimum absolute atomic E-state index is 0.664. The van der Waals surface area contributed by atoms with Crippen LogP contribution in [0.25, 0.3) is 6.08 Å². The summed E-state index contributed by atoms with van der Waals surface area (Å²) in [5.74, 6) is 0. The Hall–Kier alpha value is -2.10. The van der Waals surface area contributed by atoms with Gasteiger partial charge < -0.3 is 5.73 Å². The maximum absolute atomic E-state index is 10.4. The van der Waals surface area contributed by atoms with Crippen molar-refractivity contribution in [2.45, 2.75) is 13.8 Å². The van der Waals surface area contributed by atoms with Gasteiger partial charge in [-0.25, -0.2) is 10.2 Å². The number of benzene rings is 1. The van der Waals surface area contributed by atoms with Gasteiger partial charge in [0.2, 0.25) is 0 Å². The van der Waals surface area contributed by atoms with Crippen molar-refractivity contribution in [1.29, 1.82) is 0 Å². The normalized spacial score (nSPS) is 11.8. The lowest BCUT2D eigenvalue weighted by Gasteiger charge is -1.96. The molecule has 84 valence electrons.